The van der Waals surface area contributed by atoms with Crippen LogP contribution >= 0.6 is 0 Å². The van der Waals surface area contributed by atoms with Crippen LogP contribution in [-0.2, 0) is 6.54 Å². The summed E-state index contributed by atoms with van der Waals surface area (Å²) in [6.07, 6.45) is 3.56. The van der Waals surface area contributed by atoms with Crippen LogP contribution < -0.4 is 5.32 Å². The number of hydrogen-bond donors (Lipinski definition) is 1. The first kappa shape index (κ1) is 10.8. The van der Waals surface area contributed by atoms with Crippen molar-refractivity contribution in [1.29, 1.82) is 0 Å². The predicted octanol–water partition coefficient (Wildman–Crippen LogP) is 1.63. The molecule has 4 nitrogen and oxygen atoms in total. The van der Waals surface area contributed by atoms with Gasteiger partial charge in [0.15, 0.2) is 0 Å². The standard InChI is InChI=1S/C12H16N4/c1-11(12-5-3-2-4-6-12)13-7-9-16-10-8-14-15-16/h2-6,8,10-11,13H,7,9H2,1H3. The summed E-state index contributed by atoms with van der Waals surface area (Å²) in [6, 6.07) is 10.8. The number of nitrogens with one attached hydrogen (secondary N) is 1. The molecule has 0 bridgehead atoms. The smallest absolute Gasteiger partial charge is 0.0692 e. The molecule has 0 saturated heterocycles. The van der Waals surface area contributed by atoms with E-state index >= 15 is 0 Å². The minimum Gasteiger partial charge on any atom is -0.308 e. The van der Waals surface area contributed by atoms with Gasteiger partial charge in [-0.15, -0.1) is 5.10 Å². The van der Waals surface area contributed by atoms with Gasteiger partial charge < -0.3 is 5.32 Å². The van der Waals surface area contributed by atoms with Crippen LogP contribution in [-0.4, -0.2) is 21.5 Å². The highest BCUT2D eigenvalue weighted by Crippen LogP contribution is 2.10. The van der Waals surface area contributed by atoms with Crippen LogP contribution in [0.15, 0.2) is 42.7 Å². The van der Waals surface area contributed by atoms with Gasteiger partial charge in [-0.25, -0.2) is 0 Å². The Kier molecular flexibility index (Phi) is 3.66. The Morgan fingerprint density at radius 2 is 2.12 bits per heavy atom. The van der Waals surface area contributed by atoms with Crippen molar-refractivity contribution >= 4 is 0 Å². The molecule has 2 aromatic rings. The lowest BCUT2D eigenvalue weighted by atomic mass is 10.1. The second-order valence-corrected chi connectivity index (χ2v) is 3.75. The molecule has 1 atom stereocenters. The van der Waals surface area contributed by atoms with Crippen LogP contribution in [0.5, 0.6) is 0 Å². The number of rotatable bonds is 5. The van der Waals surface area contributed by atoms with Gasteiger partial charge in [-0.05, 0) is 12.5 Å². The number of benzene rings is 1. The zero-order valence-corrected chi connectivity index (χ0v) is 9.37. The Bertz CT molecular complexity index is 396. The first-order valence-electron chi connectivity index (χ1n) is 5.48. The molecule has 0 saturated carbocycles. The molecule has 2 rings (SSSR count). The summed E-state index contributed by atoms with van der Waals surface area (Å²) in [4.78, 5) is 0. The van der Waals surface area contributed by atoms with Crippen LogP contribution in [0.1, 0.15) is 18.5 Å². The zero-order valence-electron chi connectivity index (χ0n) is 9.37. The molecule has 84 valence electrons. The minimum atomic E-state index is 0.365. The normalized spacial score (nSPS) is 12.6. The predicted molar refractivity (Wildman–Crippen MR) is 62.9 cm³/mol. The Balaban J connectivity index is 1.78. The van der Waals surface area contributed by atoms with Gasteiger partial charge in [-0.1, -0.05) is 35.5 Å². The van der Waals surface area contributed by atoms with Crippen molar-refractivity contribution in [2.45, 2.75) is 19.5 Å². The molecule has 1 aromatic carbocycles. The highest BCUT2D eigenvalue weighted by atomic mass is 15.4. The number of nitrogens with zero attached hydrogens (tertiary/aromatic N) is 3. The largest absolute Gasteiger partial charge is 0.308 e. The van der Waals surface area contributed by atoms with E-state index < -0.39 is 0 Å². The van der Waals surface area contributed by atoms with E-state index in [1.165, 1.54) is 5.56 Å². The molecular formula is C12H16N4. The highest BCUT2D eigenvalue weighted by molar-refractivity contribution is 5.17. The molecule has 0 aliphatic heterocycles. The molecule has 0 radical (unpaired) electrons. The van der Waals surface area contributed by atoms with Crippen LogP contribution in [0.25, 0.3) is 0 Å². The van der Waals surface area contributed by atoms with Crippen molar-refractivity contribution in [3.05, 3.63) is 48.3 Å². The molecular weight excluding hydrogens is 200 g/mol. The maximum atomic E-state index is 3.91. The van der Waals surface area contributed by atoms with E-state index in [0.717, 1.165) is 13.1 Å². The molecule has 1 N–H and O–H groups in total. The molecule has 0 aliphatic rings. The van der Waals surface area contributed by atoms with E-state index in [0.29, 0.717) is 6.04 Å². The summed E-state index contributed by atoms with van der Waals surface area (Å²) < 4.78 is 1.82. The topological polar surface area (TPSA) is 42.7 Å². The molecule has 1 unspecified atom stereocenters. The average Bonchev–Trinajstić information content (AvgIpc) is 2.83. The fraction of sp³-hybridized carbons (Fsp3) is 0.333. The summed E-state index contributed by atoms with van der Waals surface area (Å²) in [5.74, 6) is 0. The van der Waals surface area contributed by atoms with Crippen molar-refractivity contribution in [3.8, 4) is 0 Å². The minimum absolute atomic E-state index is 0.365. The van der Waals surface area contributed by atoms with Crippen molar-refractivity contribution in [2.75, 3.05) is 6.54 Å². The lowest BCUT2D eigenvalue weighted by Crippen LogP contribution is -2.23. The van der Waals surface area contributed by atoms with Crippen LogP contribution in [0.2, 0.25) is 0 Å². The van der Waals surface area contributed by atoms with Gasteiger partial charge in [0, 0.05) is 18.8 Å². The van der Waals surface area contributed by atoms with Gasteiger partial charge in [0.1, 0.15) is 0 Å². The molecule has 4 heteroatoms. The lowest BCUT2D eigenvalue weighted by molar-refractivity contribution is 0.499. The first-order chi connectivity index (χ1) is 7.86. The number of aromatic nitrogens is 3. The van der Waals surface area contributed by atoms with Crippen LogP contribution in [0.3, 0.4) is 0 Å². The fourth-order valence-corrected chi connectivity index (χ4v) is 1.61. The molecule has 1 heterocycles. The van der Waals surface area contributed by atoms with Crippen molar-refractivity contribution in [1.82, 2.24) is 20.3 Å². The maximum absolute atomic E-state index is 3.91. The lowest BCUT2D eigenvalue weighted by Gasteiger charge is -2.13. The summed E-state index contributed by atoms with van der Waals surface area (Å²) >= 11 is 0. The summed E-state index contributed by atoms with van der Waals surface area (Å²) in [6.45, 7) is 3.90. The molecule has 0 spiro atoms. The van der Waals surface area contributed by atoms with E-state index in [2.05, 4.69) is 46.8 Å². The van der Waals surface area contributed by atoms with Crippen molar-refractivity contribution in [3.63, 3.8) is 0 Å². The van der Waals surface area contributed by atoms with Crippen LogP contribution in [0, 0.1) is 0 Å². The Morgan fingerprint density at radius 3 is 2.81 bits per heavy atom. The van der Waals surface area contributed by atoms with Crippen molar-refractivity contribution < 1.29 is 0 Å². The second-order valence-electron chi connectivity index (χ2n) is 3.75. The highest BCUT2D eigenvalue weighted by Gasteiger charge is 2.02. The fourth-order valence-electron chi connectivity index (χ4n) is 1.61. The van der Waals surface area contributed by atoms with Gasteiger partial charge in [0.05, 0.1) is 12.7 Å². The average molecular weight is 216 g/mol. The molecule has 0 amide bonds. The zero-order chi connectivity index (χ0) is 11.2. The monoisotopic (exact) mass is 216 g/mol. The Hall–Kier alpha value is -1.68. The Morgan fingerprint density at radius 1 is 1.31 bits per heavy atom. The quantitative estimate of drug-likeness (QED) is 0.826. The van der Waals surface area contributed by atoms with E-state index in [1.54, 1.807) is 6.20 Å². The van der Waals surface area contributed by atoms with E-state index in [1.807, 2.05) is 16.9 Å². The summed E-state index contributed by atoms with van der Waals surface area (Å²) in [5, 5.41) is 11.1. The Labute approximate surface area is 95.3 Å². The second kappa shape index (κ2) is 5.42. The third-order valence-electron chi connectivity index (χ3n) is 2.56. The van der Waals surface area contributed by atoms with Crippen LogP contribution in [0.4, 0.5) is 0 Å². The molecule has 1 aromatic heterocycles. The molecule has 0 fully saturated rings. The van der Waals surface area contributed by atoms with Gasteiger partial charge in [0.2, 0.25) is 0 Å². The molecule has 0 aliphatic carbocycles. The number of hydrogen-bond acceptors (Lipinski definition) is 3. The molecule has 16 heavy (non-hydrogen) atoms. The van der Waals surface area contributed by atoms with E-state index in [-0.39, 0.29) is 0 Å². The van der Waals surface area contributed by atoms with E-state index in [4.69, 9.17) is 0 Å². The summed E-state index contributed by atoms with van der Waals surface area (Å²) in [5.41, 5.74) is 1.31. The third-order valence-corrected chi connectivity index (χ3v) is 2.56. The third kappa shape index (κ3) is 2.90. The SMILES string of the molecule is CC(NCCn1ccnn1)c1ccccc1. The maximum Gasteiger partial charge on any atom is 0.0692 e. The van der Waals surface area contributed by atoms with Gasteiger partial charge in [-0.3, -0.25) is 4.68 Å². The van der Waals surface area contributed by atoms with Gasteiger partial charge in [-0.2, -0.15) is 0 Å². The van der Waals surface area contributed by atoms with Gasteiger partial charge in [0.25, 0.3) is 0 Å². The first-order valence-corrected chi connectivity index (χ1v) is 5.48. The summed E-state index contributed by atoms with van der Waals surface area (Å²) in [7, 11) is 0. The van der Waals surface area contributed by atoms with Crippen molar-refractivity contribution in [2.24, 2.45) is 0 Å². The van der Waals surface area contributed by atoms with E-state index in [9.17, 15) is 0 Å². The van der Waals surface area contributed by atoms with Gasteiger partial charge >= 0.3 is 0 Å².